The van der Waals surface area contributed by atoms with Gasteiger partial charge in [-0.05, 0) is 35.9 Å². The maximum absolute atomic E-state index is 13.3. The van der Waals surface area contributed by atoms with Crippen molar-refractivity contribution in [3.8, 4) is 0 Å². The van der Waals surface area contributed by atoms with E-state index in [9.17, 15) is 9.59 Å². The maximum atomic E-state index is 13.3. The Morgan fingerprint density at radius 1 is 1.08 bits per heavy atom. The first-order valence-corrected chi connectivity index (χ1v) is 13.4. The molecule has 8 nitrogen and oxygen atoms in total. The molecule has 1 saturated heterocycles. The van der Waals surface area contributed by atoms with Crippen molar-refractivity contribution in [2.45, 2.75) is 19.1 Å². The number of halogens is 2. The number of rotatable bonds is 9. The molecule has 2 amide bonds. The largest absolute Gasteiger partial charge is 0.368 e. The van der Waals surface area contributed by atoms with Gasteiger partial charge in [-0.2, -0.15) is 0 Å². The van der Waals surface area contributed by atoms with Crippen LogP contribution in [-0.4, -0.2) is 82.4 Å². The van der Waals surface area contributed by atoms with Gasteiger partial charge in [0.05, 0.1) is 11.3 Å². The average Bonchev–Trinajstić information content (AvgIpc) is 3.24. The van der Waals surface area contributed by atoms with Gasteiger partial charge in [0.2, 0.25) is 5.91 Å². The fourth-order valence-corrected chi connectivity index (χ4v) is 4.85. The normalized spacial score (nSPS) is 14.7. The monoisotopic (exact) mass is 588 g/mol. The highest BCUT2D eigenvalue weighted by Gasteiger charge is 2.22. The van der Waals surface area contributed by atoms with E-state index < -0.39 is 6.29 Å². The van der Waals surface area contributed by atoms with E-state index in [1.807, 2.05) is 54.6 Å². The minimum absolute atomic E-state index is 0.0484. The van der Waals surface area contributed by atoms with Crippen LogP contribution in [0.15, 0.2) is 46.9 Å². The van der Waals surface area contributed by atoms with Gasteiger partial charge in [0, 0.05) is 72.5 Å². The van der Waals surface area contributed by atoms with Gasteiger partial charge in [-0.25, -0.2) is 0 Å². The number of piperazine rings is 1. The number of aliphatic hydroxyl groups excluding tert-OH is 1. The first-order valence-electron chi connectivity index (χ1n) is 12.2. The van der Waals surface area contributed by atoms with Crippen molar-refractivity contribution < 1.29 is 19.8 Å². The van der Waals surface area contributed by atoms with Crippen LogP contribution >= 0.6 is 27.5 Å². The van der Waals surface area contributed by atoms with Gasteiger partial charge in [-0.15, -0.1) is 0 Å². The maximum Gasteiger partial charge on any atom is 0.254 e. The molecule has 196 valence electrons. The molecule has 2 aromatic carbocycles. The van der Waals surface area contributed by atoms with Crippen LogP contribution in [0.2, 0.25) is 5.02 Å². The Morgan fingerprint density at radius 3 is 2.51 bits per heavy atom. The lowest BCUT2D eigenvalue weighted by atomic mass is 10.1. The molecular weight excluding hydrogens is 560 g/mol. The third-order valence-electron chi connectivity index (χ3n) is 6.38. The molecule has 0 spiro atoms. The topological polar surface area (TPSA) is 109 Å². The molecule has 1 aromatic heterocycles. The van der Waals surface area contributed by atoms with Gasteiger partial charge in [0.1, 0.15) is 0 Å². The van der Waals surface area contributed by atoms with Crippen LogP contribution in [0.4, 0.5) is 0 Å². The number of carbonyl (C=O) groups excluding carboxylic acids is 2. The summed E-state index contributed by atoms with van der Waals surface area (Å²) >= 11 is 9.48. The quantitative estimate of drug-likeness (QED) is 0.285. The molecule has 0 aliphatic carbocycles. The Morgan fingerprint density at radius 2 is 1.81 bits per heavy atom. The second kappa shape index (κ2) is 12.7. The summed E-state index contributed by atoms with van der Waals surface area (Å²) in [5.41, 5.74) is 3.15. The number of aromatic amines is 1. The Labute approximate surface area is 229 Å². The van der Waals surface area contributed by atoms with Gasteiger partial charge >= 0.3 is 0 Å². The van der Waals surface area contributed by atoms with E-state index in [1.54, 1.807) is 4.90 Å². The Bertz CT molecular complexity index is 1270. The molecule has 4 rings (SSSR count). The number of H-pyrrole nitrogens is 1. The van der Waals surface area contributed by atoms with E-state index in [0.29, 0.717) is 49.9 Å². The van der Waals surface area contributed by atoms with Crippen LogP contribution in [-0.2, 0) is 4.79 Å². The van der Waals surface area contributed by atoms with E-state index >= 15 is 0 Å². The zero-order valence-electron chi connectivity index (χ0n) is 20.3. The number of carbonyl (C=O) groups is 2. The highest BCUT2D eigenvalue weighted by atomic mass is 79.9. The summed E-state index contributed by atoms with van der Waals surface area (Å²) < 4.78 is 0.923. The summed E-state index contributed by atoms with van der Waals surface area (Å²) in [4.78, 5) is 32.8. The second-order valence-corrected chi connectivity index (χ2v) is 10.3. The molecule has 10 heteroatoms. The minimum Gasteiger partial charge on any atom is -0.368 e. The van der Waals surface area contributed by atoms with E-state index in [0.717, 1.165) is 26.6 Å². The van der Waals surface area contributed by atoms with E-state index in [2.05, 4.69) is 31.1 Å². The molecule has 2 heterocycles. The lowest BCUT2D eigenvalue weighted by molar-refractivity contribution is -0.135. The molecule has 1 aliphatic rings. The van der Waals surface area contributed by atoms with Crippen molar-refractivity contribution in [3.05, 3.63) is 68.8 Å². The first-order chi connectivity index (χ1) is 17.8. The number of hydrogen-bond donors (Lipinski definition) is 4. The summed E-state index contributed by atoms with van der Waals surface area (Å²) in [5, 5.41) is 22.5. The first kappa shape index (κ1) is 27.3. The van der Waals surface area contributed by atoms with Crippen molar-refractivity contribution in [2.24, 2.45) is 0 Å². The summed E-state index contributed by atoms with van der Waals surface area (Å²) in [6.45, 7) is 3.75. The molecule has 37 heavy (non-hydrogen) atoms. The van der Waals surface area contributed by atoms with Crippen molar-refractivity contribution >= 4 is 62.4 Å². The van der Waals surface area contributed by atoms with Gasteiger partial charge in [0.25, 0.3) is 5.91 Å². The smallest absolute Gasteiger partial charge is 0.254 e. The number of hydrogen-bond acceptors (Lipinski definition) is 5. The van der Waals surface area contributed by atoms with Gasteiger partial charge in [0.15, 0.2) is 6.29 Å². The summed E-state index contributed by atoms with van der Waals surface area (Å²) in [6.07, 6.45) is 2.56. The highest BCUT2D eigenvalue weighted by molar-refractivity contribution is 9.10. The van der Waals surface area contributed by atoms with Crippen LogP contribution < -0.4 is 5.32 Å². The molecule has 1 aliphatic heterocycles. The van der Waals surface area contributed by atoms with Crippen molar-refractivity contribution in [1.29, 1.82) is 0 Å². The summed E-state index contributed by atoms with van der Waals surface area (Å²) in [6, 6.07) is 13.3. The van der Waals surface area contributed by atoms with Crippen molar-refractivity contribution in [2.75, 3.05) is 39.3 Å². The third-order valence-corrected chi connectivity index (χ3v) is 7.13. The molecule has 4 N–H and O–H groups in total. The lowest BCUT2D eigenvalue weighted by Crippen LogP contribution is -2.50. The summed E-state index contributed by atoms with van der Waals surface area (Å²) in [5.74, 6) is -0.216. The van der Waals surface area contributed by atoms with E-state index in [4.69, 9.17) is 21.8 Å². The average molecular weight is 590 g/mol. The van der Waals surface area contributed by atoms with Crippen LogP contribution in [0.3, 0.4) is 0 Å². The third kappa shape index (κ3) is 7.43. The van der Waals surface area contributed by atoms with Crippen LogP contribution in [0.25, 0.3) is 23.1 Å². The number of aliphatic hydroxyl groups is 2. The fourth-order valence-electron chi connectivity index (χ4n) is 4.36. The molecule has 0 bridgehead atoms. The van der Waals surface area contributed by atoms with Gasteiger partial charge < -0.3 is 25.4 Å². The Balaban J connectivity index is 1.37. The van der Waals surface area contributed by atoms with Crippen LogP contribution in [0.1, 0.15) is 34.5 Å². The van der Waals surface area contributed by atoms with E-state index in [1.165, 1.54) is 0 Å². The number of benzene rings is 2. The zero-order valence-corrected chi connectivity index (χ0v) is 22.6. The number of fused-ring (bicyclic) bond motifs is 1. The number of amides is 2. The standard InChI is InChI=1S/C27H30BrClN4O4/c28-19-4-7-21-23(17-19)31-22(8-3-18-1-5-20(29)6-2-18)26(21)27(37)30-11-12-32-13-15-33(16-14-32)24(34)9-10-25(35)36/h1-8,17,25,31,35-36H,9-16H2,(H,30,37)/b8-3+. The number of aromatic nitrogens is 1. The van der Waals surface area contributed by atoms with Gasteiger partial charge in [-0.1, -0.05) is 51.8 Å². The molecule has 0 radical (unpaired) electrons. The molecule has 1 fully saturated rings. The van der Waals surface area contributed by atoms with Crippen LogP contribution in [0, 0.1) is 0 Å². The van der Waals surface area contributed by atoms with E-state index in [-0.39, 0.29) is 24.7 Å². The molecule has 0 atom stereocenters. The fraction of sp³-hybridized carbons (Fsp3) is 0.333. The molecule has 0 unspecified atom stereocenters. The second-order valence-electron chi connectivity index (χ2n) is 8.99. The number of nitrogens with one attached hydrogen (secondary N) is 2. The molecular formula is C27H30BrClN4O4. The Hall–Kier alpha value is -2.69. The Kier molecular flexibility index (Phi) is 9.39. The highest BCUT2D eigenvalue weighted by Crippen LogP contribution is 2.27. The SMILES string of the molecule is O=C(NCCN1CCN(C(=O)CCC(O)O)CC1)c1c(/C=C/c2ccc(Cl)cc2)[nH]c2cc(Br)ccc12. The summed E-state index contributed by atoms with van der Waals surface area (Å²) in [7, 11) is 0. The number of nitrogens with zero attached hydrogens (tertiary/aromatic N) is 2. The van der Waals surface area contributed by atoms with Gasteiger partial charge in [-0.3, -0.25) is 14.5 Å². The van der Waals surface area contributed by atoms with Crippen molar-refractivity contribution in [3.63, 3.8) is 0 Å². The predicted octanol–water partition coefficient (Wildman–Crippen LogP) is 3.72. The van der Waals surface area contributed by atoms with Crippen LogP contribution in [0.5, 0.6) is 0 Å². The predicted molar refractivity (Wildman–Crippen MR) is 149 cm³/mol. The minimum atomic E-state index is -1.46. The lowest BCUT2D eigenvalue weighted by Gasteiger charge is -2.34. The zero-order chi connectivity index (χ0) is 26.4. The molecule has 3 aromatic rings. The molecule has 0 saturated carbocycles. The van der Waals surface area contributed by atoms with Crippen molar-refractivity contribution in [1.82, 2.24) is 20.1 Å².